The van der Waals surface area contributed by atoms with Crippen molar-refractivity contribution in [3.05, 3.63) is 0 Å². The smallest absolute Gasteiger partial charge is 0.00683 e. The summed E-state index contributed by atoms with van der Waals surface area (Å²) < 4.78 is 0. The van der Waals surface area contributed by atoms with Crippen LogP contribution in [0.4, 0.5) is 0 Å². The molecule has 0 aliphatic heterocycles. The summed E-state index contributed by atoms with van der Waals surface area (Å²) in [5, 5.41) is 3.64. The summed E-state index contributed by atoms with van der Waals surface area (Å²) in [4.78, 5) is 2.65. The molecule has 1 N–H and O–H groups in total. The minimum Gasteiger partial charge on any atom is -0.314 e. The summed E-state index contributed by atoms with van der Waals surface area (Å²) in [5.74, 6) is 0.777. The summed E-state index contributed by atoms with van der Waals surface area (Å²) in [6, 6.07) is 1.54. The van der Waals surface area contributed by atoms with E-state index in [0.29, 0.717) is 6.04 Å². The highest BCUT2D eigenvalue weighted by Crippen LogP contribution is 2.19. The first-order valence-corrected chi connectivity index (χ1v) is 7.61. The van der Waals surface area contributed by atoms with Crippen LogP contribution in [-0.2, 0) is 0 Å². The number of rotatable bonds is 10. The standard InChI is InChI=1S/C15H32N2/c1-5-6-7-10-17(13(2)3)12-14(4)11-16-15-8-9-15/h13-16H,5-12H2,1-4H3. The molecule has 0 aromatic heterocycles. The van der Waals surface area contributed by atoms with Crippen molar-refractivity contribution in [2.45, 2.75) is 71.9 Å². The Labute approximate surface area is 108 Å². The largest absolute Gasteiger partial charge is 0.314 e. The third kappa shape index (κ3) is 7.05. The molecular formula is C15H32N2. The maximum atomic E-state index is 3.64. The number of hydrogen-bond donors (Lipinski definition) is 1. The highest BCUT2D eigenvalue weighted by atomic mass is 15.1. The number of nitrogens with one attached hydrogen (secondary N) is 1. The van der Waals surface area contributed by atoms with E-state index in [-0.39, 0.29) is 0 Å². The van der Waals surface area contributed by atoms with Gasteiger partial charge in [-0.05, 0) is 52.1 Å². The number of hydrogen-bond acceptors (Lipinski definition) is 2. The summed E-state index contributed by atoms with van der Waals surface area (Å²) in [6.45, 7) is 13.0. The quantitative estimate of drug-likeness (QED) is 0.590. The first-order chi connectivity index (χ1) is 8.13. The number of unbranched alkanes of at least 4 members (excludes halogenated alkanes) is 2. The number of nitrogens with zero attached hydrogens (tertiary/aromatic N) is 1. The second-order valence-corrected chi connectivity index (χ2v) is 6.08. The molecule has 0 amide bonds. The van der Waals surface area contributed by atoms with Gasteiger partial charge in [-0.25, -0.2) is 0 Å². The zero-order valence-corrected chi connectivity index (χ0v) is 12.3. The molecule has 0 bridgehead atoms. The Hall–Kier alpha value is -0.0800. The summed E-state index contributed by atoms with van der Waals surface area (Å²) in [5.41, 5.74) is 0. The fraction of sp³-hybridized carbons (Fsp3) is 1.00. The maximum absolute atomic E-state index is 3.64. The molecular weight excluding hydrogens is 208 g/mol. The molecule has 1 aliphatic rings. The molecule has 17 heavy (non-hydrogen) atoms. The van der Waals surface area contributed by atoms with Gasteiger partial charge in [0, 0.05) is 18.6 Å². The van der Waals surface area contributed by atoms with Crippen LogP contribution in [0.5, 0.6) is 0 Å². The normalized spacial score (nSPS) is 18.0. The lowest BCUT2D eigenvalue weighted by atomic mass is 10.1. The SMILES string of the molecule is CCCCCN(CC(C)CNC1CC1)C(C)C. The molecule has 0 aromatic carbocycles. The van der Waals surface area contributed by atoms with E-state index >= 15 is 0 Å². The van der Waals surface area contributed by atoms with E-state index in [1.807, 2.05) is 0 Å². The molecule has 1 aliphatic carbocycles. The van der Waals surface area contributed by atoms with Crippen LogP contribution >= 0.6 is 0 Å². The molecule has 2 heteroatoms. The van der Waals surface area contributed by atoms with Crippen LogP contribution in [-0.4, -0.2) is 36.6 Å². The van der Waals surface area contributed by atoms with E-state index in [9.17, 15) is 0 Å². The lowest BCUT2D eigenvalue weighted by Crippen LogP contribution is -2.38. The first kappa shape index (κ1) is 15.0. The minimum atomic E-state index is 0.690. The Bertz CT molecular complexity index is 187. The van der Waals surface area contributed by atoms with E-state index in [1.165, 1.54) is 51.7 Å². The molecule has 1 saturated carbocycles. The molecule has 0 saturated heterocycles. The van der Waals surface area contributed by atoms with Gasteiger partial charge in [0.1, 0.15) is 0 Å². The monoisotopic (exact) mass is 240 g/mol. The highest BCUT2D eigenvalue weighted by Gasteiger charge is 2.21. The van der Waals surface area contributed by atoms with E-state index < -0.39 is 0 Å². The molecule has 102 valence electrons. The average Bonchev–Trinajstić information content (AvgIpc) is 3.09. The summed E-state index contributed by atoms with van der Waals surface area (Å²) in [7, 11) is 0. The molecule has 1 fully saturated rings. The minimum absolute atomic E-state index is 0.690. The van der Waals surface area contributed by atoms with Crippen LogP contribution in [0.2, 0.25) is 0 Å². The third-order valence-electron chi connectivity index (χ3n) is 3.66. The Morgan fingerprint density at radius 2 is 1.88 bits per heavy atom. The first-order valence-electron chi connectivity index (χ1n) is 7.61. The zero-order chi connectivity index (χ0) is 12.7. The molecule has 0 radical (unpaired) electrons. The summed E-state index contributed by atoms with van der Waals surface area (Å²) in [6.07, 6.45) is 6.86. The van der Waals surface area contributed by atoms with E-state index in [1.54, 1.807) is 0 Å². The maximum Gasteiger partial charge on any atom is 0.00683 e. The van der Waals surface area contributed by atoms with Crippen LogP contribution in [0.3, 0.4) is 0 Å². The lowest BCUT2D eigenvalue weighted by Gasteiger charge is -2.29. The van der Waals surface area contributed by atoms with Crippen molar-refractivity contribution in [1.29, 1.82) is 0 Å². The van der Waals surface area contributed by atoms with Gasteiger partial charge in [-0.2, -0.15) is 0 Å². The fourth-order valence-electron chi connectivity index (χ4n) is 2.25. The van der Waals surface area contributed by atoms with Gasteiger partial charge < -0.3 is 10.2 Å². The van der Waals surface area contributed by atoms with Gasteiger partial charge in [0.2, 0.25) is 0 Å². The van der Waals surface area contributed by atoms with Gasteiger partial charge in [0.25, 0.3) is 0 Å². The van der Waals surface area contributed by atoms with Gasteiger partial charge in [0.05, 0.1) is 0 Å². The van der Waals surface area contributed by atoms with Crippen molar-refractivity contribution < 1.29 is 0 Å². The topological polar surface area (TPSA) is 15.3 Å². The predicted molar refractivity (Wildman–Crippen MR) is 76.4 cm³/mol. The van der Waals surface area contributed by atoms with Crippen molar-refractivity contribution in [2.75, 3.05) is 19.6 Å². The Morgan fingerprint density at radius 3 is 2.41 bits per heavy atom. The van der Waals surface area contributed by atoms with Crippen molar-refractivity contribution >= 4 is 0 Å². The van der Waals surface area contributed by atoms with Gasteiger partial charge in [-0.15, -0.1) is 0 Å². The predicted octanol–water partition coefficient (Wildman–Crippen LogP) is 3.28. The van der Waals surface area contributed by atoms with Crippen LogP contribution in [0, 0.1) is 5.92 Å². The van der Waals surface area contributed by atoms with Crippen LogP contribution in [0.25, 0.3) is 0 Å². The molecule has 1 rings (SSSR count). The van der Waals surface area contributed by atoms with Gasteiger partial charge in [0.15, 0.2) is 0 Å². The van der Waals surface area contributed by atoms with Crippen LogP contribution in [0.1, 0.15) is 59.8 Å². The second kappa shape index (κ2) is 8.10. The lowest BCUT2D eigenvalue weighted by molar-refractivity contribution is 0.187. The Balaban J connectivity index is 2.15. The van der Waals surface area contributed by atoms with E-state index in [4.69, 9.17) is 0 Å². The molecule has 0 heterocycles. The molecule has 0 aromatic rings. The average molecular weight is 240 g/mol. The molecule has 2 nitrogen and oxygen atoms in total. The molecule has 1 atom stereocenters. The zero-order valence-electron chi connectivity index (χ0n) is 12.3. The van der Waals surface area contributed by atoms with E-state index in [2.05, 4.69) is 37.9 Å². The third-order valence-corrected chi connectivity index (χ3v) is 3.66. The van der Waals surface area contributed by atoms with Gasteiger partial charge in [-0.3, -0.25) is 0 Å². The van der Waals surface area contributed by atoms with Crippen molar-refractivity contribution in [2.24, 2.45) is 5.92 Å². The highest BCUT2D eigenvalue weighted by molar-refractivity contribution is 4.81. The van der Waals surface area contributed by atoms with Crippen molar-refractivity contribution in [3.8, 4) is 0 Å². The Kier molecular flexibility index (Phi) is 7.14. The molecule has 0 spiro atoms. The van der Waals surface area contributed by atoms with Crippen molar-refractivity contribution in [1.82, 2.24) is 10.2 Å². The van der Waals surface area contributed by atoms with Gasteiger partial charge in [-0.1, -0.05) is 26.7 Å². The van der Waals surface area contributed by atoms with Crippen molar-refractivity contribution in [3.63, 3.8) is 0 Å². The van der Waals surface area contributed by atoms with E-state index in [0.717, 1.165) is 12.0 Å². The molecule has 1 unspecified atom stereocenters. The van der Waals surface area contributed by atoms with Crippen LogP contribution < -0.4 is 5.32 Å². The fourth-order valence-corrected chi connectivity index (χ4v) is 2.25. The Morgan fingerprint density at radius 1 is 1.18 bits per heavy atom. The summed E-state index contributed by atoms with van der Waals surface area (Å²) >= 11 is 0. The van der Waals surface area contributed by atoms with Crippen LogP contribution in [0.15, 0.2) is 0 Å². The van der Waals surface area contributed by atoms with Gasteiger partial charge >= 0.3 is 0 Å². The second-order valence-electron chi connectivity index (χ2n) is 6.08.